The van der Waals surface area contributed by atoms with E-state index in [1.807, 2.05) is 32.0 Å². The van der Waals surface area contributed by atoms with Gasteiger partial charge < -0.3 is 18.6 Å². The molecule has 0 saturated heterocycles. The van der Waals surface area contributed by atoms with Gasteiger partial charge in [-0.05, 0) is 57.0 Å². The molecule has 0 saturated carbocycles. The number of hydrogen-bond donors (Lipinski definition) is 0. The number of ether oxygens (including phenoxy) is 3. The zero-order valence-corrected chi connectivity index (χ0v) is 16.3. The van der Waals surface area contributed by atoms with E-state index in [1.165, 1.54) is 6.26 Å². The Bertz CT molecular complexity index is 1070. The van der Waals surface area contributed by atoms with Gasteiger partial charge in [0.05, 0.1) is 12.0 Å². The Labute approximate surface area is 162 Å². The van der Waals surface area contributed by atoms with Crippen molar-refractivity contribution in [3.05, 3.63) is 64.0 Å². The van der Waals surface area contributed by atoms with Gasteiger partial charge in [-0.25, -0.2) is 4.79 Å². The number of carbonyl (C=O) groups excluding carboxylic acids is 1. The zero-order chi connectivity index (χ0) is 20.3. The molecule has 0 N–H and O–H groups in total. The summed E-state index contributed by atoms with van der Waals surface area (Å²) in [5.74, 6) is 0.658. The molecule has 2 aromatic carbocycles. The summed E-state index contributed by atoms with van der Waals surface area (Å²) >= 11 is 0. The van der Waals surface area contributed by atoms with Crippen LogP contribution in [0.15, 0.2) is 51.9 Å². The topological polar surface area (TPSA) is 75.0 Å². The molecule has 6 heteroatoms. The van der Waals surface area contributed by atoms with Gasteiger partial charge in [-0.1, -0.05) is 12.1 Å². The van der Waals surface area contributed by atoms with Crippen LogP contribution in [-0.4, -0.2) is 18.7 Å². The predicted octanol–water partition coefficient (Wildman–Crippen LogP) is 4.53. The van der Waals surface area contributed by atoms with Crippen LogP contribution < -0.4 is 14.9 Å². The smallest absolute Gasteiger partial charge is 0.347 e. The Morgan fingerprint density at radius 2 is 1.89 bits per heavy atom. The summed E-state index contributed by atoms with van der Waals surface area (Å²) < 4.78 is 21.8. The number of benzene rings is 2. The van der Waals surface area contributed by atoms with Crippen LogP contribution in [0.2, 0.25) is 0 Å². The largest absolute Gasteiger partial charge is 0.479 e. The summed E-state index contributed by atoms with van der Waals surface area (Å²) in [5.41, 5.74) is 2.00. The summed E-state index contributed by atoms with van der Waals surface area (Å²) in [4.78, 5) is 24.5. The molecule has 0 unspecified atom stereocenters. The molecule has 3 aromatic rings. The molecule has 0 aliphatic heterocycles. The van der Waals surface area contributed by atoms with E-state index in [0.717, 1.165) is 11.1 Å². The molecule has 0 amide bonds. The first-order valence-electron chi connectivity index (χ1n) is 9.03. The normalized spacial score (nSPS) is 11.9. The number of carbonyl (C=O) groups is 1. The molecule has 1 aromatic heterocycles. The molecule has 0 aliphatic carbocycles. The van der Waals surface area contributed by atoms with Crippen LogP contribution in [0.25, 0.3) is 11.0 Å². The van der Waals surface area contributed by atoms with Crippen LogP contribution in [0.3, 0.4) is 0 Å². The van der Waals surface area contributed by atoms with Gasteiger partial charge in [0, 0.05) is 6.07 Å². The molecule has 6 nitrogen and oxygen atoms in total. The molecular weight excluding hydrogens is 360 g/mol. The van der Waals surface area contributed by atoms with Crippen molar-refractivity contribution >= 4 is 16.9 Å². The molecule has 1 heterocycles. The van der Waals surface area contributed by atoms with Gasteiger partial charge in [-0.15, -0.1) is 0 Å². The third kappa shape index (κ3) is 4.17. The SMILES string of the molecule is CCOC(=O)[C@H](C)Oc1ccc2c(=O)c(Oc3cc(C)ccc3C)coc2c1. The highest BCUT2D eigenvalue weighted by atomic mass is 16.6. The first-order valence-corrected chi connectivity index (χ1v) is 9.03. The Balaban J connectivity index is 1.87. The highest BCUT2D eigenvalue weighted by Gasteiger charge is 2.17. The third-order valence-electron chi connectivity index (χ3n) is 4.21. The minimum absolute atomic E-state index is 0.106. The standard InChI is InChI=1S/C22H22O6/c1-5-25-22(24)15(4)27-16-8-9-17-19(11-16)26-12-20(21(17)23)28-18-10-13(2)6-7-14(18)3/h6-12,15H,5H2,1-4H3/t15-/m0/s1. The van der Waals surface area contributed by atoms with Crippen molar-refractivity contribution in [2.75, 3.05) is 6.61 Å². The monoisotopic (exact) mass is 382 g/mol. The maximum atomic E-state index is 12.8. The van der Waals surface area contributed by atoms with Crippen molar-refractivity contribution in [3.63, 3.8) is 0 Å². The van der Waals surface area contributed by atoms with Crippen molar-refractivity contribution in [3.8, 4) is 17.2 Å². The first-order chi connectivity index (χ1) is 13.4. The molecular formula is C22H22O6. The molecule has 1 atom stereocenters. The maximum absolute atomic E-state index is 12.8. The van der Waals surface area contributed by atoms with E-state index < -0.39 is 12.1 Å². The van der Waals surface area contributed by atoms with Crippen molar-refractivity contribution in [2.24, 2.45) is 0 Å². The zero-order valence-electron chi connectivity index (χ0n) is 16.3. The fourth-order valence-electron chi connectivity index (χ4n) is 2.68. The Morgan fingerprint density at radius 1 is 1.11 bits per heavy atom. The van der Waals surface area contributed by atoms with E-state index in [0.29, 0.717) is 22.5 Å². The second kappa shape index (κ2) is 8.17. The number of rotatable bonds is 6. The van der Waals surface area contributed by atoms with Gasteiger partial charge in [0.2, 0.25) is 11.2 Å². The molecule has 146 valence electrons. The van der Waals surface area contributed by atoms with E-state index in [-0.39, 0.29) is 17.8 Å². The molecule has 0 aliphatic rings. The van der Waals surface area contributed by atoms with Gasteiger partial charge in [0.1, 0.15) is 23.3 Å². The number of hydrogen-bond acceptors (Lipinski definition) is 6. The van der Waals surface area contributed by atoms with E-state index in [9.17, 15) is 9.59 Å². The van der Waals surface area contributed by atoms with Crippen molar-refractivity contribution in [2.45, 2.75) is 33.8 Å². The third-order valence-corrected chi connectivity index (χ3v) is 4.21. The van der Waals surface area contributed by atoms with Gasteiger partial charge in [-0.2, -0.15) is 0 Å². The van der Waals surface area contributed by atoms with E-state index >= 15 is 0 Å². The van der Waals surface area contributed by atoms with Crippen LogP contribution in [0.4, 0.5) is 0 Å². The lowest BCUT2D eigenvalue weighted by Crippen LogP contribution is -2.26. The quantitative estimate of drug-likeness (QED) is 0.583. The summed E-state index contributed by atoms with van der Waals surface area (Å²) in [5, 5.41) is 0.360. The van der Waals surface area contributed by atoms with E-state index in [1.54, 1.807) is 32.0 Å². The van der Waals surface area contributed by atoms with Gasteiger partial charge in [0.25, 0.3) is 0 Å². The second-order valence-electron chi connectivity index (χ2n) is 6.47. The molecule has 0 fully saturated rings. The molecule has 0 bridgehead atoms. The van der Waals surface area contributed by atoms with Crippen LogP contribution in [0, 0.1) is 13.8 Å². The first kappa shape index (κ1) is 19.5. The summed E-state index contributed by atoms with van der Waals surface area (Å²) in [6.07, 6.45) is 0.515. The average molecular weight is 382 g/mol. The molecule has 0 radical (unpaired) electrons. The molecule has 0 spiro atoms. The number of fused-ring (bicyclic) bond motifs is 1. The maximum Gasteiger partial charge on any atom is 0.347 e. The minimum atomic E-state index is -0.768. The Hall–Kier alpha value is -3.28. The van der Waals surface area contributed by atoms with Crippen LogP contribution in [0.5, 0.6) is 17.2 Å². The predicted molar refractivity (Wildman–Crippen MR) is 105 cm³/mol. The van der Waals surface area contributed by atoms with Crippen LogP contribution in [0.1, 0.15) is 25.0 Å². The van der Waals surface area contributed by atoms with Gasteiger partial charge in [0.15, 0.2) is 6.10 Å². The lowest BCUT2D eigenvalue weighted by atomic mass is 10.1. The molecule has 3 rings (SSSR count). The summed E-state index contributed by atoms with van der Waals surface area (Å²) in [6.45, 7) is 7.47. The van der Waals surface area contributed by atoms with Crippen LogP contribution in [-0.2, 0) is 9.53 Å². The average Bonchev–Trinajstić information content (AvgIpc) is 2.67. The Kier molecular flexibility index (Phi) is 5.68. The number of aryl methyl sites for hydroxylation is 2. The fraction of sp³-hybridized carbons (Fsp3) is 0.273. The number of esters is 1. The van der Waals surface area contributed by atoms with Crippen molar-refractivity contribution < 1.29 is 23.4 Å². The lowest BCUT2D eigenvalue weighted by Gasteiger charge is -2.13. The summed E-state index contributed by atoms with van der Waals surface area (Å²) in [6, 6.07) is 10.5. The van der Waals surface area contributed by atoms with Crippen molar-refractivity contribution in [1.82, 2.24) is 0 Å². The lowest BCUT2D eigenvalue weighted by molar-refractivity contribution is -0.150. The van der Waals surface area contributed by atoms with E-state index in [2.05, 4.69) is 0 Å². The van der Waals surface area contributed by atoms with Gasteiger partial charge >= 0.3 is 5.97 Å². The van der Waals surface area contributed by atoms with Crippen molar-refractivity contribution in [1.29, 1.82) is 0 Å². The summed E-state index contributed by atoms with van der Waals surface area (Å²) in [7, 11) is 0. The fourth-order valence-corrected chi connectivity index (χ4v) is 2.68. The van der Waals surface area contributed by atoms with E-state index in [4.69, 9.17) is 18.6 Å². The Morgan fingerprint density at radius 3 is 2.64 bits per heavy atom. The highest BCUT2D eigenvalue weighted by Crippen LogP contribution is 2.27. The minimum Gasteiger partial charge on any atom is -0.479 e. The van der Waals surface area contributed by atoms with Crippen LogP contribution >= 0.6 is 0 Å². The second-order valence-corrected chi connectivity index (χ2v) is 6.47. The molecule has 28 heavy (non-hydrogen) atoms. The highest BCUT2D eigenvalue weighted by molar-refractivity contribution is 5.79. The van der Waals surface area contributed by atoms with Gasteiger partial charge in [-0.3, -0.25) is 4.79 Å².